The molecule has 3 heteroatoms. The molecule has 0 aliphatic carbocycles. The highest BCUT2D eigenvalue weighted by Gasteiger charge is 2.26. The number of para-hydroxylation sites is 1. The molecule has 0 radical (unpaired) electrons. The van der Waals surface area contributed by atoms with E-state index in [1.54, 1.807) is 0 Å². The molecule has 0 saturated carbocycles. The highest BCUT2D eigenvalue weighted by Crippen LogP contribution is 2.20. The molecule has 1 atom stereocenters. The minimum absolute atomic E-state index is 0.268. The lowest BCUT2D eigenvalue weighted by Gasteiger charge is -2.22. The van der Waals surface area contributed by atoms with Crippen molar-refractivity contribution < 1.29 is 0 Å². The van der Waals surface area contributed by atoms with E-state index in [4.69, 9.17) is 12.2 Å². The van der Waals surface area contributed by atoms with E-state index in [1.165, 1.54) is 0 Å². The Labute approximate surface area is 89.2 Å². The molecule has 1 aliphatic heterocycles. The molecule has 0 aromatic heterocycles. The van der Waals surface area contributed by atoms with Gasteiger partial charge < -0.3 is 10.2 Å². The van der Waals surface area contributed by atoms with Crippen LogP contribution in [0, 0.1) is 0 Å². The van der Waals surface area contributed by atoms with E-state index in [2.05, 4.69) is 28.9 Å². The van der Waals surface area contributed by atoms with E-state index in [-0.39, 0.29) is 6.04 Å². The maximum absolute atomic E-state index is 5.23. The van der Waals surface area contributed by atoms with E-state index in [0.717, 1.165) is 17.3 Å². The fourth-order valence-electron chi connectivity index (χ4n) is 1.61. The van der Waals surface area contributed by atoms with Crippen molar-refractivity contribution in [1.29, 1.82) is 0 Å². The average molecular weight is 204 g/mol. The molecule has 1 heterocycles. The van der Waals surface area contributed by atoms with Gasteiger partial charge in [0.25, 0.3) is 0 Å². The first-order valence-electron chi connectivity index (χ1n) is 4.57. The van der Waals surface area contributed by atoms with E-state index in [1.807, 2.05) is 24.3 Å². The SMILES string of the molecule is C=C[C@H]1CNC(=S)N1c1ccccc1. The molecule has 0 unspecified atom stereocenters. The summed E-state index contributed by atoms with van der Waals surface area (Å²) in [5, 5.41) is 3.93. The van der Waals surface area contributed by atoms with Crippen LogP contribution in [0.2, 0.25) is 0 Å². The van der Waals surface area contributed by atoms with Gasteiger partial charge in [0.2, 0.25) is 0 Å². The molecule has 1 aromatic rings. The quantitative estimate of drug-likeness (QED) is 0.585. The van der Waals surface area contributed by atoms with Crippen LogP contribution in [0.3, 0.4) is 0 Å². The van der Waals surface area contributed by atoms with Gasteiger partial charge in [-0.3, -0.25) is 0 Å². The van der Waals surface area contributed by atoms with Crippen molar-refractivity contribution in [3.05, 3.63) is 43.0 Å². The van der Waals surface area contributed by atoms with Crippen LogP contribution < -0.4 is 10.2 Å². The lowest BCUT2D eigenvalue weighted by atomic mass is 10.2. The Morgan fingerprint density at radius 2 is 2.14 bits per heavy atom. The fourth-order valence-corrected chi connectivity index (χ4v) is 1.93. The van der Waals surface area contributed by atoms with Gasteiger partial charge in [0.1, 0.15) is 0 Å². The molecule has 1 saturated heterocycles. The molecule has 0 amide bonds. The lowest BCUT2D eigenvalue weighted by Crippen LogP contribution is -2.32. The second kappa shape index (κ2) is 3.80. The topological polar surface area (TPSA) is 15.3 Å². The van der Waals surface area contributed by atoms with Gasteiger partial charge in [0, 0.05) is 12.2 Å². The summed E-state index contributed by atoms with van der Waals surface area (Å²) < 4.78 is 0. The molecular weight excluding hydrogens is 192 g/mol. The van der Waals surface area contributed by atoms with Crippen LogP contribution in [0.4, 0.5) is 5.69 Å². The van der Waals surface area contributed by atoms with Gasteiger partial charge in [-0.15, -0.1) is 6.58 Å². The number of benzene rings is 1. The van der Waals surface area contributed by atoms with Gasteiger partial charge in [-0.2, -0.15) is 0 Å². The molecule has 1 aliphatic rings. The Kier molecular flexibility index (Phi) is 2.50. The van der Waals surface area contributed by atoms with Crippen LogP contribution in [0.1, 0.15) is 0 Å². The molecule has 1 N–H and O–H groups in total. The van der Waals surface area contributed by atoms with Crippen molar-refractivity contribution in [2.75, 3.05) is 11.4 Å². The van der Waals surface area contributed by atoms with Crippen molar-refractivity contribution in [1.82, 2.24) is 5.32 Å². The summed E-state index contributed by atoms with van der Waals surface area (Å²) >= 11 is 5.23. The summed E-state index contributed by atoms with van der Waals surface area (Å²) in [6.45, 7) is 4.66. The summed E-state index contributed by atoms with van der Waals surface area (Å²) in [6, 6.07) is 10.4. The minimum atomic E-state index is 0.268. The molecular formula is C11H12N2S. The van der Waals surface area contributed by atoms with Gasteiger partial charge in [-0.25, -0.2) is 0 Å². The van der Waals surface area contributed by atoms with Gasteiger partial charge >= 0.3 is 0 Å². The van der Waals surface area contributed by atoms with Crippen molar-refractivity contribution in [2.45, 2.75) is 6.04 Å². The monoisotopic (exact) mass is 204 g/mol. The maximum atomic E-state index is 5.23. The van der Waals surface area contributed by atoms with Crippen molar-refractivity contribution in [3.8, 4) is 0 Å². The normalized spacial score (nSPS) is 20.7. The highest BCUT2D eigenvalue weighted by molar-refractivity contribution is 7.80. The van der Waals surface area contributed by atoms with Crippen LogP contribution in [-0.2, 0) is 0 Å². The van der Waals surface area contributed by atoms with Crippen LogP contribution in [-0.4, -0.2) is 17.7 Å². The van der Waals surface area contributed by atoms with Crippen LogP contribution in [0.25, 0.3) is 0 Å². The number of thiocarbonyl (C=S) groups is 1. The van der Waals surface area contributed by atoms with Crippen LogP contribution >= 0.6 is 12.2 Å². The number of hydrogen-bond donors (Lipinski definition) is 1. The molecule has 0 spiro atoms. The molecule has 2 rings (SSSR count). The van der Waals surface area contributed by atoms with Crippen LogP contribution in [0.5, 0.6) is 0 Å². The molecule has 72 valence electrons. The van der Waals surface area contributed by atoms with E-state index in [0.29, 0.717) is 0 Å². The van der Waals surface area contributed by atoms with Crippen molar-refractivity contribution in [2.24, 2.45) is 0 Å². The van der Waals surface area contributed by atoms with Gasteiger partial charge in [0.15, 0.2) is 5.11 Å². The fraction of sp³-hybridized carbons (Fsp3) is 0.182. The Balaban J connectivity index is 2.32. The highest BCUT2D eigenvalue weighted by atomic mass is 32.1. The molecule has 14 heavy (non-hydrogen) atoms. The minimum Gasteiger partial charge on any atom is -0.360 e. The van der Waals surface area contributed by atoms with Gasteiger partial charge in [0.05, 0.1) is 6.04 Å². The number of rotatable bonds is 2. The van der Waals surface area contributed by atoms with Gasteiger partial charge in [-0.05, 0) is 24.4 Å². The molecule has 2 nitrogen and oxygen atoms in total. The van der Waals surface area contributed by atoms with Crippen molar-refractivity contribution in [3.63, 3.8) is 0 Å². The van der Waals surface area contributed by atoms with E-state index in [9.17, 15) is 0 Å². The first-order chi connectivity index (χ1) is 6.83. The standard InChI is InChI=1S/C11H12N2S/c1-2-9-8-12-11(14)13(9)10-6-4-3-5-7-10/h2-7,9H,1,8H2,(H,12,14)/t9-/m0/s1. The summed E-state index contributed by atoms with van der Waals surface area (Å²) in [4.78, 5) is 2.09. The first kappa shape index (κ1) is 9.21. The summed E-state index contributed by atoms with van der Waals surface area (Å²) in [6.07, 6.45) is 1.92. The summed E-state index contributed by atoms with van der Waals surface area (Å²) in [5.74, 6) is 0. The number of nitrogens with zero attached hydrogens (tertiary/aromatic N) is 1. The second-order valence-corrected chi connectivity index (χ2v) is 3.58. The Morgan fingerprint density at radius 3 is 2.79 bits per heavy atom. The predicted octanol–water partition coefficient (Wildman–Crippen LogP) is 1.94. The summed E-state index contributed by atoms with van der Waals surface area (Å²) in [7, 11) is 0. The molecule has 1 fully saturated rings. The Morgan fingerprint density at radius 1 is 1.43 bits per heavy atom. The number of hydrogen-bond acceptors (Lipinski definition) is 1. The smallest absolute Gasteiger partial charge is 0.174 e. The van der Waals surface area contributed by atoms with Crippen LogP contribution in [0.15, 0.2) is 43.0 Å². The van der Waals surface area contributed by atoms with E-state index >= 15 is 0 Å². The zero-order chi connectivity index (χ0) is 9.97. The second-order valence-electron chi connectivity index (χ2n) is 3.19. The first-order valence-corrected chi connectivity index (χ1v) is 4.98. The Bertz CT molecular complexity index is 348. The third-order valence-electron chi connectivity index (χ3n) is 2.32. The maximum Gasteiger partial charge on any atom is 0.174 e. The average Bonchev–Trinajstić information content (AvgIpc) is 2.61. The van der Waals surface area contributed by atoms with E-state index < -0.39 is 0 Å². The number of anilines is 1. The zero-order valence-electron chi connectivity index (χ0n) is 7.81. The zero-order valence-corrected chi connectivity index (χ0v) is 8.63. The third-order valence-corrected chi connectivity index (χ3v) is 2.66. The number of nitrogens with one attached hydrogen (secondary N) is 1. The van der Waals surface area contributed by atoms with Gasteiger partial charge in [-0.1, -0.05) is 24.3 Å². The third kappa shape index (κ3) is 1.51. The molecule has 1 aromatic carbocycles. The lowest BCUT2D eigenvalue weighted by molar-refractivity contribution is 0.842. The predicted molar refractivity (Wildman–Crippen MR) is 63.5 cm³/mol. The largest absolute Gasteiger partial charge is 0.360 e. The Hall–Kier alpha value is -1.35. The van der Waals surface area contributed by atoms with Crippen molar-refractivity contribution >= 4 is 23.0 Å². The summed E-state index contributed by atoms with van der Waals surface area (Å²) in [5.41, 5.74) is 1.12. The molecule has 0 bridgehead atoms.